The number of nitrogens with zero attached hydrogens (tertiary/aromatic N) is 1. The third-order valence-corrected chi connectivity index (χ3v) is 6.17. The van der Waals surface area contributed by atoms with Crippen molar-refractivity contribution < 1.29 is 22.7 Å². The van der Waals surface area contributed by atoms with Gasteiger partial charge >= 0.3 is 5.97 Å². The summed E-state index contributed by atoms with van der Waals surface area (Å²) in [5, 5.41) is 9.43. The van der Waals surface area contributed by atoms with E-state index in [1.165, 1.54) is 19.9 Å². The van der Waals surface area contributed by atoms with Crippen LogP contribution < -0.4 is 0 Å². The summed E-state index contributed by atoms with van der Waals surface area (Å²) >= 11 is 0. The predicted molar refractivity (Wildman–Crippen MR) is 74.9 cm³/mol. The molecule has 116 valence electrons. The first-order valence-corrected chi connectivity index (χ1v) is 8.16. The van der Waals surface area contributed by atoms with E-state index >= 15 is 0 Å². The van der Waals surface area contributed by atoms with Gasteiger partial charge < -0.3 is 5.11 Å². The number of sulfonamides is 1. The SMILES string of the molecule is Cc1cc(F)ccc1S(=O)(=O)N1CCCCC1(C)C(=O)O. The van der Waals surface area contributed by atoms with Gasteiger partial charge in [-0.1, -0.05) is 0 Å². The number of carboxylic acid groups (broad SMARTS) is 1. The monoisotopic (exact) mass is 315 g/mol. The molecule has 0 saturated carbocycles. The van der Waals surface area contributed by atoms with Crippen LogP contribution in [0.1, 0.15) is 31.7 Å². The van der Waals surface area contributed by atoms with E-state index in [9.17, 15) is 22.7 Å². The van der Waals surface area contributed by atoms with Gasteiger partial charge in [0.05, 0.1) is 4.90 Å². The Hall–Kier alpha value is -1.47. The normalized spacial score (nSPS) is 24.0. The number of piperidine rings is 1. The van der Waals surface area contributed by atoms with Gasteiger partial charge in [-0.3, -0.25) is 4.79 Å². The van der Waals surface area contributed by atoms with Crippen LogP contribution >= 0.6 is 0 Å². The molecule has 2 rings (SSSR count). The Morgan fingerprint density at radius 2 is 2.05 bits per heavy atom. The first-order valence-electron chi connectivity index (χ1n) is 6.72. The molecule has 1 aliphatic heterocycles. The zero-order chi connectivity index (χ0) is 15.8. The highest BCUT2D eigenvalue weighted by Crippen LogP contribution is 2.34. The lowest BCUT2D eigenvalue weighted by molar-refractivity contribution is -0.149. The van der Waals surface area contributed by atoms with Gasteiger partial charge in [0.25, 0.3) is 0 Å². The fraction of sp³-hybridized carbons (Fsp3) is 0.500. The van der Waals surface area contributed by atoms with Crippen molar-refractivity contribution in [2.24, 2.45) is 0 Å². The van der Waals surface area contributed by atoms with Gasteiger partial charge in [-0.05, 0) is 56.9 Å². The van der Waals surface area contributed by atoms with Gasteiger partial charge in [-0.2, -0.15) is 4.31 Å². The third kappa shape index (κ3) is 2.67. The predicted octanol–water partition coefficient (Wildman–Crippen LogP) is 2.15. The van der Waals surface area contributed by atoms with E-state index in [0.29, 0.717) is 12.8 Å². The van der Waals surface area contributed by atoms with Crippen molar-refractivity contribution in [1.29, 1.82) is 0 Å². The molecule has 1 unspecified atom stereocenters. The zero-order valence-electron chi connectivity index (χ0n) is 12.0. The molecule has 5 nitrogen and oxygen atoms in total. The number of aryl methyl sites for hydroxylation is 1. The molecular weight excluding hydrogens is 297 g/mol. The maximum Gasteiger partial charge on any atom is 0.324 e. The van der Waals surface area contributed by atoms with Crippen molar-refractivity contribution in [2.75, 3.05) is 6.54 Å². The van der Waals surface area contributed by atoms with Crippen LogP contribution in [-0.2, 0) is 14.8 Å². The van der Waals surface area contributed by atoms with E-state index in [4.69, 9.17) is 0 Å². The second-order valence-corrected chi connectivity index (χ2v) is 7.35. The molecule has 1 aromatic rings. The Labute approximate surface area is 123 Å². The number of benzene rings is 1. The van der Waals surface area contributed by atoms with Crippen LogP contribution in [0.15, 0.2) is 23.1 Å². The first-order chi connectivity index (χ1) is 9.69. The summed E-state index contributed by atoms with van der Waals surface area (Å²) in [5.41, 5.74) is -1.19. The van der Waals surface area contributed by atoms with Gasteiger partial charge in [-0.15, -0.1) is 0 Å². The molecule has 0 amide bonds. The number of carboxylic acids is 1. The number of carbonyl (C=O) groups is 1. The van der Waals surface area contributed by atoms with E-state index in [-0.39, 0.29) is 23.4 Å². The van der Waals surface area contributed by atoms with E-state index in [0.717, 1.165) is 16.4 Å². The number of halogens is 1. The summed E-state index contributed by atoms with van der Waals surface area (Å²) in [7, 11) is -3.98. The molecule has 0 aromatic heterocycles. The second-order valence-electron chi connectivity index (χ2n) is 5.52. The molecule has 0 bridgehead atoms. The lowest BCUT2D eigenvalue weighted by atomic mass is 9.91. The van der Waals surface area contributed by atoms with Crippen LogP contribution in [0.2, 0.25) is 0 Å². The van der Waals surface area contributed by atoms with Crippen LogP contribution in [0.4, 0.5) is 4.39 Å². The minimum Gasteiger partial charge on any atom is -0.480 e. The van der Waals surface area contributed by atoms with Crippen molar-refractivity contribution >= 4 is 16.0 Å². The van der Waals surface area contributed by atoms with Crippen LogP contribution in [0.25, 0.3) is 0 Å². The molecule has 1 aliphatic rings. The maximum atomic E-state index is 13.2. The van der Waals surface area contributed by atoms with Gasteiger partial charge in [0.2, 0.25) is 10.0 Å². The summed E-state index contributed by atoms with van der Waals surface area (Å²) in [5.74, 6) is -1.68. The molecule has 1 atom stereocenters. The average molecular weight is 315 g/mol. The number of hydrogen-bond acceptors (Lipinski definition) is 3. The van der Waals surface area contributed by atoms with Crippen LogP contribution in [0.5, 0.6) is 0 Å². The molecule has 0 radical (unpaired) electrons. The third-order valence-electron chi connectivity index (χ3n) is 3.99. The Morgan fingerprint density at radius 1 is 1.38 bits per heavy atom. The van der Waals surface area contributed by atoms with Crippen molar-refractivity contribution in [2.45, 2.75) is 43.5 Å². The lowest BCUT2D eigenvalue weighted by Crippen LogP contribution is -2.57. The topological polar surface area (TPSA) is 74.7 Å². The highest BCUT2D eigenvalue weighted by molar-refractivity contribution is 7.89. The largest absolute Gasteiger partial charge is 0.480 e. The van der Waals surface area contributed by atoms with Gasteiger partial charge in [0.1, 0.15) is 11.4 Å². The second kappa shape index (κ2) is 5.38. The fourth-order valence-electron chi connectivity index (χ4n) is 2.72. The molecule has 1 heterocycles. The minimum absolute atomic E-state index is 0.0433. The Balaban J connectivity index is 2.53. The molecule has 1 N–H and O–H groups in total. The summed E-state index contributed by atoms with van der Waals surface area (Å²) in [6, 6.07) is 3.40. The van der Waals surface area contributed by atoms with Gasteiger partial charge in [0, 0.05) is 6.54 Å². The van der Waals surface area contributed by atoms with E-state index < -0.39 is 27.3 Å². The molecule has 0 spiro atoms. The Kier molecular flexibility index (Phi) is 4.08. The fourth-order valence-corrected chi connectivity index (χ4v) is 4.73. The minimum atomic E-state index is -3.98. The lowest BCUT2D eigenvalue weighted by Gasteiger charge is -2.40. The summed E-state index contributed by atoms with van der Waals surface area (Å²) in [6.07, 6.45) is 1.54. The molecule has 7 heteroatoms. The molecule has 21 heavy (non-hydrogen) atoms. The van der Waals surface area contributed by atoms with Crippen molar-refractivity contribution in [3.8, 4) is 0 Å². The Bertz CT molecular complexity index is 674. The molecule has 1 saturated heterocycles. The molecule has 1 fully saturated rings. The van der Waals surface area contributed by atoms with Gasteiger partial charge in [0.15, 0.2) is 0 Å². The zero-order valence-corrected chi connectivity index (χ0v) is 12.8. The first kappa shape index (κ1) is 15.9. The van der Waals surface area contributed by atoms with E-state index in [1.807, 2.05) is 0 Å². The quantitative estimate of drug-likeness (QED) is 0.927. The smallest absolute Gasteiger partial charge is 0.324 e. The van der Waals surface area contributed by atoms with Crippen LogP contribution in [0.3, 0.4) is 0 Å². The number of rotatable bonds is 3. The van der Waals surface area contributed by atoms with Crippen molar-refractivity contribution in [1.82, 2.24) is 4.31 Å². The highest BCUT2D eigenvalue weighted by atomic mass is 32.2. The number of hydrogen-bond donors (Lipinski definition) is 1. The Morgan fingerprint density at radius 3 is 2.62 bits per heavy atom. The molecular formula is C14H18FNO4S. The van der Waals surface area contributed by atoms with Crippen LogP contribution in [-0.4, -0.2) is 35.9 Å². The summed E-state index contributed by atoms with van der Waals surface area (Å²) in [4.78, 5) is 11.5. The van der Waals surface area contributed by atoms with Crippen molar-refractivity contribution in [3.63, 3.8) is 0 Å². The van der Waals surface area contributed by atoms with Crippen molar-refractivity contribution in [3.05, 3.63) is 29.6 Å². The summed E-state index contributed by atoms with van der Waals surface area (Å²) < 4.78 is 39.7. The molecule has 0 aliphatic carbocycles. The number of aliphatic carboxylic acids is 1. The average Bonchev–Trinajstić information content (AvgIpc) is 2.38. The van der Waals surface area contributed by atoms with Crippen LogP contribution in [0, 0.1) is 12.7 Å². The molecule has 1 aromatic carbocycles. The van der Waals surface area contributed by atoms with E-state index in [2.05, 4.69) is 0 Å². The highest BCUT2D eigenvalue weighted by Gasteiger charge is 2.48. The summed E-state index contributed by atoms with van der Waals surface area (Å²) in [6.45, 7) is 3.07. The van der Waals surface area contributed by atoms with Gasteiger partial charge in [-0.25, -0.2) is 12.8 Å². The maximum absolute atomic E-state index is 13.2. The van der Waals surface area contributed by atoms with E-state index in [1.54, 1.807) is 0 Å². The standard InChI is InChI=1S/C14H18FNO4S/c1-10-9-11(15)5-6-12(10)21(19,20)16-8-4-3-7-14(16,2)13(17)18/h5-6,9H,3-4,7-8H2,1-2H3,(H,17,18).